The highest BCUT2D eigenvalue weighted by Gasteiger charge is 2.28. The van der Waals surface area contributed by atoms with Crippen LogP contribution < -0.4 is 11.1 Å². The van der Waals surface area contributed by atoms with Crippen LogP contribution in [0.1, 0.15) is 12.5 Å². The van der Waals surface area contributed by atoms with Crippen LogP contribution in [-0.4, -0.2) is 36.7 Å². The van der Waals surface area contributed by atoms with Crippen molar-refractivity contribution in [2.24, 2.45) is 5.73 Å². The van der Waals surface area contributed by atoms with E-state index in [2.05, 4.69) is 57.3 Å². The highest BCUT2D eigenvalue weighted by atomic mass is 79.9. The third-order valence-electron chi connectivity index (χ3n) is 3.31. The summed E-state index contributed by atoms with van der Waals surface area (Å²) in [4.78, 5) is 2.37. The third kappa shape index (κ3) is 3.52. The van der Waals surface area contributed by atoms with Gasteiger partial charge in [-0.3, -0.25) is 4.90 Å². The molecule has 1 aromatic carbocycles. The predicted octanol–water partition coefficient (Wildman–Crippen LogP) is 1.57. The van der Waals surface area contributed by atoms with Crippen molar-refractivity contribution in [3.8, 4) is 0 Å². The zero-order valence-corrected chi connectivity index (χ0v) is 11.8. The van der Waals surface area contributed by atoms with Crippen molar-refractivity contribution in [2.45, 2.75) is 19.0 Å². The smallest absolute Gasteiger partial charge is 0.0700 e. The Morgan fingerprint density at radius 1 is 1.29 bits per heavy atom. The molecule has 1 saturated heterocycles. The molecular weight excluding hydrogens is 278 g/mol. The maximum absolute atomic E-state index is 6.45. The summed E-state index contributed by atoms with van der Waals surface area (Å²) in [6.07, 6.45) is 0.889. The highest BCUT2D eigenvalue weighted by molar-refractivity contribution is 9.10. The quantitative estimate of drug-likeness (QED) is 0.890. The lowest BCUT2D eigenvalue weighted by molar-refractivity contribution is 0.0932. The number of rotatable bonds is 3. The van der Waals surface area contributed by atoms with Crippen LogP contribution in [0.15, 0.2) is 28.7 Å². The summed E-state index contributed by atoms with van der Waals surface area (Å²) in [6.45, 7) is 6.26. The molecule has 1 atom stereocenters. The third-order valence-corrected chi connectivity index (χ3v) is 3.84. The topological polar surface area (TPSA) is 41.3 Å². The van der Waals surface area contributed by atoms with E-state index in [1.54, 1.807) is 0 Å². The molecule has 0 spiro atoms. The Morgan fingerprint density at radius 3 is 2.47 bits per heavy atom. The maximum Gasteiger partial charge on any atom is 0.0700 e. The Labute approximate surface area is 111 Å². The second-order valence-electron chi connectivity index (χ2n) is 4.90. The monoisotopic (exact) mass is 297 g/mol. The average molecular weight is 298 g/mol. The lowest BCUT2D eigenvalue weighted by Crippen LogP contribution is -2.60. The van der Waals surface area contributed by atoms with Crippen LogP contribution in [0.4, 0.5) is 0 Å². The van der Waals surface area contributed by atoms with E-state index in [-0.39, 0.29) is 5.66 Å². The summed E-state index contributed by atoms with van der Waals surface area (Å²) in [5, 5.41) is 3.35. The molecule has 0 aliphatic carbocycles. The molecule has 4 heteroatoms. The molecule has 1 unspecified atom stereocenters. The van der Waals surface area contributed by atoms with E-state index in [0.717, 1.165) is 37.1 Å². The number of piperazine rings is 1. The zero-order valence-electron chi connectivity index (χ0n) is 10.2. The summed E-state index contributed by atoms with van der Waals surface area (Å²) in [5.74, 6) is 0. The molecule has 1 aliphatic rings. The molecule has 1 heterocycles. The molecule has 3 nitrogen and oxygen atoms in total. The van der Waals surface area contributed by atoms with Gasteiger partial charge in [-0.2, -0.15) is 0 Å². The largest absolute Gasteiger partial charge is 0.314 e. The van der Waals surface area contributed by atoms with Gasteiger partial charge < -0.3 is 11.1 Å². The Kier molecular flexibility index (Phi) is 4.20. The van der Waals surface area contributed by atoms with Gasteiger partial charge in [0.15, 0.2) is 0 Å². The van der Waals surface area contributed by atoms with Gasteiger partial charge >= 0.3 is 0 Å². The second-order valence-corrected chi connectivity index (χ2v) is 5.81. The Balaban J connectivity index is 2.02. The van der Waals surface area contributed by atoms with E-state index >= 15 is 0 Å². The number of hydrogen-bond donors (Lipinski definition) is 2. The molecular formula is C13H20BrN3. The Hall–Kier alpha value is -0.420. The van der Waals surface area contributed by atoms with Gasteiger partial charge in [-0.05, 0) is 24.6 Å². The van der Waals surface area contributed by atoms with Crippen LogP contribution >= 0.6 is 15.9 Å². The first kappa shape index (κ1) is 13.0. The van der Waals surface area contributed by atoms with E-state index < -0.39 is 0 Å². The number of nitrogens with zero attached hydrogens (tertiary/aromatic N) is 1. The molecule has 2 rings (SSSR count). The molecule has 0 saturated carbocycles. The number of nitrogens with one attached hydrogen (secondary N) is 1. The second kappa shape index (κ2) is 5.48. The van der Waals surface area contributed by atoms with Gasteiger partial charge in [-0.25, -0.2) is 0 Å². The first-order chi connectivity index (χ1) is 8.08. The zero-order chi connectivity index (χ0) is 12.3. The minimum absolute atomic E-state index is 0.254. The summed E-state index contributed by atoms with van der Waals surface area (Å²) in [5.41, 5.74) is 7.48. The van der Waals surface area contributed by atoms with Crippen LogP contribution in [0.25, 0.3) is 0 Å². The molecule has 0 radical (unpaired) electrons. The van der Waals surface area contributed by atoms with Gasteiger partial charge in [0.25, 0.3) is 0 Å². The van der Waals surface area contributed by atoms with Crippen molar-refractivity contribution in [3.05, 3.63) is 34.3 Å². The number of halogens is 1. The van der Waals surface area contributed by atoms with E-state index in [4.69, 9.17) is 5.73 Å². The van der Waals surface area contributed by atoms with Gasteiger partial charge in [0.05, 0.1) is 5.66 Å². The molecule has 1 aliphatic heterocycles. The first-order valence-corrected chi connectivity index (χ1v) is 6.86. The van der Waals surface area contributed by atoms with E-state index in [1.807, 2.05) is 0 Å². The van der Waals surface area contributed by atoms with Crippen LogP contribution in [0.2, 0.25) is 0 Å². The van der Waals surface area contributed by atoms with Gasteiger partial charge in [-0.15, -0.1) is 0 Å². The predicted molar refractivity (Wildman–Crippen MR) is 74.9 cm³/mol. The van der Waals surface area contributed by atoms with Gasteiger partial charge in [0.2, 0.25) is 0 Å². The average Bonchev–Trinajstić information content (AvgIpc) is 2.33. The molecule has 0 bridgehead atoms. The van der Waals surface area contributed by atoms with Gasteiger partial charge in [-0.1, -0.05) is 28.1 Å². The normalized spacial score (nSPS) is 21.1. The first-order valence-electron chi connectivity index (χ1n) is 6.07. The van der Waals surface area contributed by atoms with E-state index in [9.17, 15) is 0 Å². The molecule has 1 aromatic rings. The standard InChI is InChI=1S/C13H20BrN3/c1-13(15,17-8-6-16-7-9-17)10-11-2-4-12(14)5-3-11/h2-5,16H,6-10,15H2,1H3. The molecule has 0 amide bonds. The van der Waals surface area contributed by atoms with Crippen LogP contribution in [0, 0.1) is 0 Å². The highest BCUT2D eigenvalue weighted by Crippen LogP contribution is 2.18. The summed E-state index contributed by atoms with van der Waals surface area (Å²) < 4.78 is 1.11. The number of nitrogens with two attached hydrogens (primary N) is 1. The van der Waals surface area contributed by atoms with E-state index in [0.29, 0.717) is 0 Å². The fourth-order valence-electron chi connectivity index (χ4n) is 2.30. The molecule has 94 valence electrons. The summed E-state index contributed by atoms with van der Waals surface area (Å²) >= 11 is 3.45. The number of benzene rings is 1. The lowest BCUT2D eigenvalue weighted by Gasteiger charge is -2.41. The maximum atomic E-state index is 6.45. The number of hydrogen-bond acceptors (Lipinski definition) is 3. The Morgan fingerprint density at radius 2 is 1.88 bits per heavy atom. The molecule has 1 fully saturated rings. The van der Waals surface area contributed by atoms with E-state index in [1.165, 1.54) is 5.56 Å². The van der Waals surface area contributed by atoms with Gasteiger partial charge in [0, 0.05) is 37.1 Å². The fraction of sp³-hybridized carbons (Fsp3) is 0.538. The molecule has 17 heavy (non-hydrogen) atoms. The minimum Gasteiger partial charge on any atom is -0.314 e. The van der Waals surface area contributed by atoms with Crippen molar-refractivity contribution in [1.82, 2.24) is 10.2 Å². The van der Waals surface area contributed by atoms with Gasteiger partial charge in [0.1, 0.15) is 0 Å². The molecule has 3 N–H and O–H groups in total. The summed E-state index contributed by atoms with van der Waals surface area (Å²) in [7, 11) is 0. The molecule has 0 aromatic heterocycles. The van der Waals surface area contributed by atoms with Crippen molar-refractivity contribution in [3.63, 3.8) is 0 Å². The van der Waals surface area contributed by atoms with Crippen molar-refractivity contribution < 1.29 is 0 Å². The van der Waals surface area contributed by atoms with Crippen LogP contribution in [0.5, 0.6) is 0 Å². The fourth-order valence-corrected chi connectivity index (χ4v) is 2.57. The lowest BCUT2D eigenvalue weighted by atomic mass is 10.00. The van der Waals surface area contributed by atoms with Crippen molar-refractivity contribution >= 4 is 15.9 Å². The van der Waals surface area contributed by atoms with Crippen molar-refractivity contribution in [2.75, 3.05) is 26.2 Å². The SMILES string of the molecule is CC(N)(Cc1ccc(Br)cc1)N1CCNCC1. The minimum atomic E-state index is -0.254. The van der Waals surface area contributed by atoms with Crippen LogP contribution in [0.3, 0.4) is 0 Å². The van der Waals surface area contributed by atoms with Crippen molar-refractivity contribution in [1.29, 1.82) is 0 Å². The Bertz CT molecular complexity index is 355. The van der Waals surface area contributed by atoms with Crippen LogP contribution in [-0.2, 0) is 6.42 Å². The summed E-state index contributed by atoms with van der Waals surface area (Å²) in [6, 6.07) is 8.42.